The van der Waals surface area contributed by atoms with Crippen LogP contribution in [-0.4, -0.2) is 19.5 Å². The van der Waals surface area contributed by atoms with E-state index in [-0.39, 0.29) is 0 Å². The van der Waals surface area contributed by atoms with Gasteiger partial charge in [-0.15, -0.1) is 0 Å². The highest BCUT2D eigenvalue weighted by Gasteiger charge is 2.23. The molecule has 0 saturated carbocycles. The zero-order chi connectivity index (χ0) is 39.3. The SMILES string of the molecule is c1ccc(-c2nc(-c3cccc4ccccc34)nc(-c3cccc4c3oc3c5ccccc5c(-n5c6cc7ccccc7cc6c6ccc7ccccc7c65)cc43)n2)cc1. The predicted octanol–water partition coefficient (Wildman–Crippen LogP) is 14.5. The van der Waals surface area contributed by atoms with Crippen LogP contribution in [0.15, 0.2) is 199 Å². The number of aromatic nitrogens is 4. The average molecular weight is 765 g/mol. The number of hydrogen-bond acceptors (Lipinski definition) is 4. The lowest BCUT2D eigenvalue weighted by Gasteiger charge is -2.14. The van der Waals surface area contributed by atoms with E-state index in [0.29, 0.717) is 17.5 Å². The Morgan fingerprint density at radius 3 is 1.72 bits per heavy atom. The highest BCUT2D eigenvalue weighted by atomic mass is 16.3. The molecule has 60 heavy (non-hydrogen) atoms. The van der Waals surface area contributed by atoms with Crippen LogP contribution in [0, 0.1) is 0 Å². The molecule has 0 aliphatic carbocycles. The van der Waals surface area contributed by atoms with Crippen molar-refractivity contribution in [2.45, 2.75) is 0 Å². The smallest absolute Gasteiger partial charge is 0.167 e. The topological polar surface area (TPSA) is 56.7 Å². The zero-order valence-corrected chi connectivity index (χ0v) is 32.2. The van der Waals surface area contributed by atoms with Gasteiger partial charge in [0.2, 0.25) is 0 Å². The Bertz CT molecular complexity index is 3890. The molecule has 0 saturated heterocycles. The summed E-state index contributed by atoms with van der Waals surface area (Å²) in [5.74, 6) is 1.78. The summed E-state index contributed by atoms with van der Waals surface area (Å²) in [5, 5.41) is 13.7. The fraction of sp³-hybridized carbons (Fsp3) is 0. The van der Waals surface area contributed by atoms with Crippen molar-refractivity contribution in [3.63, 3.8) is 0 Å². The summed E-state index contributed by atoms with van der Waals surface area (Å²) in [7, 11) is 0. The highest BCUT2D eigenvalue weighted by molar-refractivity contribution is 6.24. The lowest BCUT2D eigenvalue weighted by molar-refractivity contribution is 0.673. The van der Waals surface area contributed by atoms with Gasteiger partial charge in [0.05, 0.1) is 22.3 Å². The van der Waals surface area contributed by atoms with Gasteiger partial charge in [-0.05, 0) is 51.2 Å². The molecule has 0 radical (unpaired) electrons. The van der Waals surface area contributed by atoms with E-state index in [1.165, 1.54) is 37.8 Å². The van der Waals surface area contributed by atoms with Gasteiger partial charge in [-0.2, -0.15) is 0 Å². The van der Waals surface area contributed by atoms with Crippen LogP contribution < -0.4 is 0 Å². The van der Waals surface area contributed by atoms with Crippen LogP contribution in [0.5, 0.6) is 0 Å². The van der Waals surface area contributed by atoms with Gasteiger partial charge in [0.1, 0.15) is 11.2 Å². The van der Waals surface area contributed by atoms with Gasteiger partial charge < -0.3 is 8.98 Å². The standard InChI is InChI=1S/C55H32N4O/c1-2-16-35(17-3-1)53-56-54(44-26-12-20-33-14-6-8-21-38(33)44)58-55(57-53)45-27-13-25-43-47-32-49(40-23-10-11-24-42(40)52(47)60-51(43)45)59-48-31-37-19-5-4-18-36(37)30-46(48)41-29-28-34-15-7-9-22-39(34)50(41)59/h1-32H. The fourth-order valence-electron chi connectivity index (χ4n) is 9.43. The Kier molecular flexibility index (Phi) is 6.95. The maximum absolute atomic E-state index is 7.08. The van der Waals surface area contributed by atoms with E-state index in [1.54, 1.807) is 0 Å². The Morgan fingerprint density at radius 1 is 0.333 bits per heavy atom. The Labute approximate surface area is 343 Å². The van der Waals surface area contributed by atoms with Gasteiger partial charge in [-0.3, -0.25) is 0 Å². The number of furan rings is 1. The van der Waals surface area contributed by atoms with Crippen LogP contribution in [0.25, 0.3) is 127 Å². The zero-order valence-electron chi connectivity index (χ0n) is 32.2. The molecule has 13 rings (SSSR count). The average Bonchev–Trinajstić information content (AvgIpc) is 3.86. The summed E-state index contributed by atoms with van der Waals surface area (Å²) >= 11 is 0. The van der Waals surface area contributed by atoms with Crippen molar-refractivity contribution in [1.29, 1.82) is 0 Å². The van der Waals surface area contributed by atoms with Gasteiger partial charge >= 0.3 is 0 Å². The Hall–Kier alpha value is -8.15. The second-order valence-electron chi connectivity index (χ2n) is 15.5. The van der Waals surface area contributed by atoms with Crippen molar-refractivity contribution in [3.8, 4) is 39.9 Å². The summed E-state index contributed by atoms with van der Waals surface area (Å²) in [4.78, 5) is 15.5. The molecule has 0 atom stereocenters. The molecule has 0 aliphatic heterocycles. The lowest BCUT2D eigenvalue weighted by atomic mass is 10.0. The molecular formula is C55H32N4O. The summed E-state index contributed by atoms with van der Waals surface area (Å²) in [6.07, 6.45) is 0. The van der Waals surface area contributed by atoms with Crippen LogP contribution in [0.1, 0.15) is 0 Å². The van der Waals surface area contributed by atoms with Gasteiger partial charge in [0, 0.05) is 48.8 Å². The number of rotatable bonds is 4. The molecule has 13 aromatic rings. The van der Waals surface area contributed by atoms with Gasteiger partial charge in [-0.25, -0.2) is 15.0 Å². The fourth-order valence-corrected chi connectivity index (χ4v) is 9.43. The van der Waals surface area contributed by atoms with Crippen molar-refractivity contribution < 1.29 is 4.42 Å². The summed E-state index contributed by atoms with van der Waals surface area (Å²) in [6.45, 7) is 0. The summed E-state index contributed by atoms with van der Waals surface area (Å²) in [6, 6.07) is 68.6. The molecule has 0 spiro atoms. The Balaban J connectivity index is 1.11. The molecule has 0 fully saturated rings. The molecular weight excluding hydrogens is 733 g/mol. The predicted molar refractivity (Wildman–Crippen MR) is 248 cm³/mol. The Morgan fingerprint density at radius 2 is 0.900 bits per heavy atom. The third-order valence-electron chi connectivity index (χ3n) is 12.2. The third kappa shape index (κ3) is 4.84. The van der Waals surface area contributed by atoms with Crippen molar-refractivity contribution in [2.75, 3.05) is 0 Å². The van der Waals surface area contributed by atoms with E-state index in [1.807, 2.05) is 30.3 Å². The first-order valence-corrected chi connectivity index (χ1v) is 20.3. The molecule has 0 aliphatic rings. The van der Waals surface area contributed by atoms with E-state index < -0.39 is 0 Å². The molecule has 3 heterocycles. The molecule has 3 aromatic heterocycles. The number of nitrogens with zero attached hydrogens (tertiary/aromatic N) is 4. The van der Waals surface area contributed by atoms with Crippen molar-refractivity contribution in [2.24, 2.45) is 0 Å². The molecule has 5 nitrogen and oxygen atoms in total. The molecule has 5 heteroatoms. The normalized spacial score (nSPS) is 12.0. The van der Waals surface area contributed by atoms with Crippen LogP contribution in [0.4, 0.5) is 0 Å². The first-order valence-electron chi connectivity index (χ1n) is 20.3. The highest BCUT2D eigenvalue weighted by Crippen LogP contribution is 2.45. The van der Waals surface area contributed by atoms with Crippen molar-refractivity contribution in [3.05, 3.63) is 194 Å². The maximum Gasteiger partial charge on any atom is 0.167 e. The largest absolute Gasteiger partial charge is 0.455 e. The van der Waals surface area contributed by atoms with Crippen molar-refractivity contribution in [1.82, 2.24) is 19.5 Å². The second kappa shape index (κ2) is 12.7. The number of para-hydroxylation sites is 1. The third-order valence-corrected chi connectivity index (χ3v) is 12.2. The van der Waals surface area contributed by atoms with Crippen LogP contribution in [0.2, 0.25) is 0 Å². The van der Waals surface area contributed by atoms with E-state index in [2.05, 4.69) is 168 Å². The van der Waals surface area contributed by atoms with E-state index in [9.17, 15) is 0 Å². The number of fused-ring (bicyclic) bond motifs is 12. The molecule has 278 valence electrons. The van der Waals surface area contributed by atoms with E-state index in [4.69, 9.17) is 19.4 Å². The summed E-state index contributed by atoms with van der Waals surface area (Å²) < 4.78 is 9.56. The van der Waals surface area contributed by atoms with E-state index in [0.717, 1.165) is 71.4 Å². The van der Waals surface area contributed by atoms with Crippen LogP contribution in [-0.2, 0) is 0 Å². The quantitative estimate of drug-likeness (QED) is 0.179. The van der Waals surface area contributed by atoms with Gasteiger partial charge in [0.15, 0.2) is 17.5 Å². The molecule has 0 N–H and O–H groups in total. The summed E-state index contributed by atoms with van der Waals surface area (Å²) in [5.41, 5.74) is 7.71. The van der Waals surface area contributed by atoms with Crippen LogP contribution >= 0.6 is 0 Å². The monoisotopic (exact) mass is 764 g/mol. The first-order chi connectivity index (χ1) is 29.7. The minimum absolute atomic E-state index is 0.557. The lowest BCUT2D eigenvalue weighted by Crippen LogP contribution is -2.00. The number of benzene rings is 10. The van der Waals surface area contributed by atoms with Gasteiger partial charge in [0.25, 0.3) is 0 Å². The number of hydrogen-bond donors (Lipinski definition) is 0. The second-order valence-corrected chi connectivity index (χ2v) is 15.5. The minimum Gasteiger partial charge on any atom is -0.455 e. The molecule has 0 amide bonds. The molecule has 0 bridgehead atoms. The van der Waals surface area contributed by atoms with E-state index >= 15 is 0 Å². The molecule has 0 unspecified atom stereocenters. The minimum atomic E-state index is 0.557. The van der Waals surface area contributed by atoms with Gasteiger partial charge in [-0.1, -0.05) is 170 Å². The first kappa shape index (κ1) is 32.9. The molecule has 10 aromatic carbocycles. The van der Waals surface area contributed by atoms with Crippen molar-refractivity contribution >= 4 is 86.8 Å². The maximum atomic E-state index is 7.08. The van der Waals surface area contributed by atoms with Crippen LogP contribution in [0.3, 0.4) is 0 Å².